The van der Waals surface area contributed by atoms with E-state index in [0.29, 0.717) is 0 Å². The van der Waals surface area contributed by atoms with Crippen molar-refractivity contribution in [1.82, 2.24) is 0 Å². The molecule has 1 aliphatic carbocycles. The minimum atomic E-state index is -0.304. The second-order valence-corrected chi connectivity index (χ2v) is 6.31. The highest BCUT2D eigenvalue weighted by Crippen LogP contribution is 2.36. The Morgan fingerprint density at radius 1 is 1.41 bits per heavy atom. The average molecular weight is 316 g/mol. The molecule has 1 aliphatic rings. The van der Waals surface area contributed by atoms with Crippen LogP contribution in [-0.4, -0.2) is 10.7 Å². The van der Waals surface area contributed by atoms with Crippen LogP contribution in [0.15, 0.2) is 27.6 Å². The molecule has 0 unspecified atom stereocenters. The SMILES string of the molecule is O=[N+]([O-])c1cc(Br)ccc1SCC1CCCC1. The molecule has 1 saturated carbocycles. The molecule has 5 heteroatoms. The minimum absolute atomic E-state index is 0.211. The lowest BCUT2D eigenvalue weighted by Crippen LogP contribution is -1.98. The van der Waals surface area contributed by atoms with Gasteiger partial charge in [0.25, 0.3) is 5.69 Å². The molecule has 2 rings (SSSR count). The van der Waals surface area contributed by atoms with Crippen LogP contribution in [0.2, 0.25) is 0 Å². The summed E-state index contributed by atoms with van der Waals surface area (Å²) in [6.45, 7) is 0. The van der Waals surface area contributed by atoms with Crippen LogP contribution in [0.4, 0.5) is 5.69 Å². The number of benzene rings is 1. The first kappa shape index (κ1) is 12.9. The maximum atomic E-state index is 10.9. The molecule has 0 radical (unpaired) electrons. The second-order valence-electron chi connectivity index (χ2n) is 4.33. The number of rotatable bonds is 4. The first-order valence-electron chi connectivity index (χ1n) is 5.73. The lowest BCUT2D eigenvalue weighted by Gasteiger charge is -2.08. The molecule has 1 fully saturated rings. The summed E-state index contributed by atoms with van der Waals surface area (Å²) in [5.41, 5.74) is 0.211. The number of hydrogen-bond acceptors (Lipinski definition) is 3. The Balaban J connectivity index is 2.06. The van der Waals surface area contributed by atoms with E-state index in [1.165, 1.54) is 25.7 Å². The van der Waals surface area contributed by atoms with Gasteiger partial charge < -0.3 is 0 Å². The van der Waals surface area contributed by atoms with E-state index in [1.54, 1.807) is 17.8 Å². The standard InChI is InChI=1S/C12H14BrNO2S/c13-10-5-6-12(11(7-10)14(15)16)17-8-9-3-1-2-4-9/h5-7,9H,1-4,8H2. The molecular weight excluding hydrogens is 302 g/mol. The number of nitro groups is 1. The van der Waals surface area contributed by atoms with Gasteiger partial charge in [0.2, 0.25) is 0 Å². The van der Waals surface area contributed by atoms with Gasteiger partial charge in [-0.15, -0.1) is 11.8 Å². The van der Waals surface area contributed by atoms with Gasteiger partial charge in [0.1, 0.15) is 0 Å². The van der Waals surface area contributed by atoms with E-state index in [1.807, 2.05) is 12.1 Å². The predicted molar refractivity (Wildman–Crippen MR) is 73.5 cm³/mol. The monoisotopic (exact) mass is 315 g/mol. The van der Waals surface area contributed by atoms with Gasteiger partial charge in [0.05, 0.1) is 9.82 Å². The molecule has 0 amide bonds. The third-order valence-electron chi connectivity index (χ3n) is 3.07. The van der Waals surface area contributed by atoms with Gasteiger partial charge in [-0.2, -0.15) is 0 Å². The Hall–Kier alpha value is -0.550. The van der Waals surface area contributed by atoms with Gasteiger partial charge in [-0.1, -0.05) is 28.8 Å². The zero-order chi connectivity index (χ0) is 12.3. The molecule has 3 nitrogen and oxygen atoms in total. The summed E-state index contributed by atoms with van der Waals surface area (Å²) in [5, 5.41) is 10.9. The quantitative estimate of drug-likeness (QED) is 0.462. The van der Waals surface area contributed by atoms with E-state index in [2.05, 4.69) is 15.9 Å². The molecule has 0 N–H and O–H groups in total. The van der Waals surface area contributed by atoms with Crippen LogP contribution in [0.3, 0.4) is 0 Å². The molecule has 1 aromatic rings. The van der Waals surface area contributed by atoms with Gasteiger partial charge in [0, 0.05) is 16.3 Å². The van der Waals surface area contributed by atoms with E-state index in [0.717, 1.165) is 21.0 Å². The number of nitrogens with zero attached hydrogens (tertiary/aromatic N) is 1. The Morgan fingerprint density at radius 2 is 2.12 bits per heavy atom. The highest BCUT2D eigenvalue weighted by atomic mass is 79.9. The van der Waals surface area contributed by atoms with Crippen LogP contribution in [0, 0.1) is 16.0 Å². The third-order valence-corrected chi connectivity index (χ3v) is 4.85. The number of thioether (sulfide) groups is 1. The number of hydrogen-bond donors (Lipinski definition) is 0. The summed E-state index contributed by atoms with van der Waals surface area (Å²) in [4.78, 5) is 11.4. The largest absolute Gasteiger partial charge is 0.283 e. The molecule has 92 valence electrons. The number of halogens is 1. The van der Waals surface area contributed by atoms with Crippen molar-refractivity contribution < 1.29 is 4.92 Å². The zero-order valence-electron chi connectivity index (χ0n) is 9.39. The lowest BCUT2D eigenvalue weighted by atomic mass is 10.1. The Morgan fingerprint density at radius 3 is 2.76 bits per heavy atom. The van der Waals surface area contributed by atoms with Crippen LogP contribution in [-0.2, 0) is 0 Å². The van der Waals surface area contributed by atoms with Gasteiger partial charge in [-0.3, -0.25) is 10.1 Å². The van der Waals surface area contributed by atoms with Crippen LogP contribution in [0.1, 0.15) is 25.7 Å². The minimum Gasteiger partial charge on any atom is -0.258 e. The fourth-order valence-corrected chi connectivity index (χ4v) is 3.68. The first-order valence-corrected chi connectivity index (χ1v) is 7.51. The van der Waals surface area contributed by atoms with Crippen molar-refractivity contribution in [3.8, 4) is 0 Å². The molecule has 0 spiro atoms. The summed E-state index contributed by atoms with van der Waals surface area (Å²) in [6, 6.07) is 5.28. The molecular formula is C12H14BrNO2S. The lowest BCUT2D eigenvalue weighted by molar-refractivity contribution is -0.387. The second kappa shape index (κ2) is 5.87. The normalized spacial score (nSPS) is 16.3. The fourth-order valence-electron chi connectivity index (χ4n) is 2.14. The summed E-state index contributed by atoms with van der Waals surface area (Å²) in [5.74, 6) is 1.74. The Kier molecular flexibility index (Phi) is 4.45. The van der Waals surface area contributed by atoms with E-state index in [9.17, 15) is 10.1 Å². The van der Waals surface area contributed by atoms with Crippen molar-refractivity contribution in [3.05, 3.63) is 32.8 Å². The number of nitro benzene ring substituents is 1. The van der Waals surface area contributed by atoms with Crippen molar-refractivity contribution in [2.24, 2.45) is 5.92 Å². The van der Waals surface area contributed by atoms with Crippen LogP contribution < -0.4 is 0 Å². The maximum absolute atomic E-state index is 10.9. The molecule has 0 aliphatic heterocycles. The van der Waals surface area contributed by atoms with Crippen molar-refractivity contribution in [2.45, 2.75) is 30.6 Å². The molecule has 0 heterocycles. The summed E-state index contributed by atoms with van der Waals surface area (Å²) >= 11 is 4.89. The maximum Gasteiger partial charge on any atom is 0.283 e. The molecule has 0 aromatic heterocycles. The highest BCUT2D eigenvalue weighted by Gasteiger charge is 2.19. The van der Waals surface area contributed by atoms with Crippen molar-refractivity contribution >= 4 is 33.4 Å². The van der Waals surface area contributed by atoms with E-state index >= 15 is 0 Å². The van der Waals surface area contributed by atoms with E-state index in [4.69, 9.17) is 0 Å². The summed E-state index contributed by atoms with van der Waals surface area (Å²) in [7, 11) is 0. The average Bonchev–Trinajstić information content (AvgIpc) is 2.80. The van der Waals surface area contributed by atoms with Gasteiger partial charge in [0.15, 0.2) is 0 Å². The fraction of sp³-hybridized carbons (Fsp3) is 0.500. The zero-order valence-corrected chi connectivity index (χ0v) is 11.8. The van der Waals surface area contributed by atoms with E-state index < -0.39 is 0 Å². The molecule has 0 atom stereocenters. The molecule has 0 bridgehead atoms. The van der Waals surface area contributed by atoms with Crippen LogP contribution in [0.25, 0.3) is 0 Å². The van der Waals surface area contributed by atoms with Crippen molar-refractivity contribution in [2.75, 3.05) is 5.75 Å². The predicted octanol–water partition coefficient (Wildman–Crippen LogP) is 4.64. The topological polar surface area (TPSA) is 43.1 Å². The first-order chi connectivity index (χ1) is 8.16. The summed E-state index contributed by atoms with van der Waals surface area (Å²) in [6.07, 6.45) is 5.18. The highest BCUT2D eigenvalue weighted by molar-refractivity contribution is 9.10. The van der Waals surface area contributed by atoms with Gasteiger partial charge in [-0.05, 0) is 30.9 Å². The van der Waals surface area contributed by atoms with Gasteiger partial charge in [-0.25, -0.2) is 0 Å². The Labute approximate surface area is 113 Å². The Bertz CT molecular complexity index is 419. The van der Waals surface area contributed by atoms with Crippen molar-refractivity contribution in [3.63, 3.8) is 0 Å². The smallest absolute Gasteiger partial charge is 0.258 e. The van der Waals surface area contributed by atoms with Crippen molar-refractivity contribution in [1.29, 1.82) is 0 Å². The summed E-state index contributed by atoms with van der Waals surface area (Å²) < 4.78 is 0.759. The van der Waals surface area contributed by atoms with E-state index in [-0.39, 0.29) is 10.6 Å². The third kappa shape index (κ3) is 3.45. The molecule has 0 saturated heterocycles. The van der Waals surface area contributed by atoms with Gasteiger partial charge >= 0.3 is 0 Å². The molecule has 1 aromatic carbocycles. The van der Waals surface area contributed by atoms with Crippen LogP contribution >= 0.6 is 27.7 Å². The molecule has 17 heavy (non-hydrogen) atoms. The van der Waals surface area contributed by atoms with Crippen LogP contribution in [0.5, 0.6) is 0 Å².